The van der Waals surface area contributed by atoms with Crippen LogP contribution in [0.15, 0.2) is 0 Å². The first-order valence-electron chi connectivity index (χ1n) is 7.15. The lowest BCUT2D eigenvalue weighted by atomic mass is 9.87. The largest absolute Gasteiger partial charge is 0.390 e. The summed E-state index contributed by atoms with van der Waals surface area (Å²) in [6, 6.07) is 0. The topological polar surface area (TPSA) is 47.9 Å². The van der Waals surface area contributed by atoms with Gasteiger partial charge in [0.05, 0.1) is 31.0 Å². The number of hydrogen-bond donors (Lipinski definition) is 1. The molecular weight excluding hydrogens is 244 g/mol. The first kappa shape index (κ1) is 16.9. The second kappa shape index (κ2) is 6.08. The SMILES string of the molecule is C[C@H](C(O)COC(C)(C)C)[C@H](C)C1COC(C)(C)O1. The van der Waals surface area contributed by atoms with Crippen molar-refractivity contribution in [3.05, 3.63) is 0 Å². The Balaban J connectivity index is 2.46. The van der Waals surface area contributed by atoms with Gasteiger partial charge in [-0.15, -0.1) is 0 Å². The van der Waals surface area contributed by atoms with E-state index in [-0.39, 0.29) is 23.5 Å². The molecule has 2 unspecified atom stereocenters. The van der Waals surface area contributed by atoms with Gasteiger partial charge >= 0.3 is 0 Å². The normalized spacial score (nSPS) is 28.1. The molecule has 1 fully saturated rings. The van der Waals surface area contributed by atoms with Crippen LogP contribution < -0.4 is 0 Å². The number of ether oxygens (including phenoxy) is 3. The average Bonchev–Trinajstić information content (AvgIpc) is 2.63. The smallest absolute Gasteiger partial charge is 0.163 e. The van der Waals surface area contributed by atoms with Gasteiger partial charge < -0.3 is 19.3 Å². The van der Waals surface area contributed by atoms with Gasteiger partial charge in [0, 0.05) is 0 Å². The summed E-state index contributed by atoms with van der Waals surface area (Å²) >= 11 is 0. The molecule has 1 N–H and O–H groups in total. The Morgan fingerprint density at radius 2 is 1.89 bits per heavy atom. The Labute approximate surface area is 117 Å². The summed E-state index contributed by atoms with van der Waals surface area (Å²) in [5.74, 6) is -0.184. The van der Waals surface area contributed by atoms with E-state index in [1.54, 1.807) is 0 Å². The van der Waals surface area contributed by atoms with Crippen LogP contribution in [0.2, 0.25) is 0 Å². The highest BCUT2D eigenvalue weighted by molar-refractivity contribution is 4.82. The molecule has 0 aromatic heterocycles. The molecule has 19 heavy (non-hydrogen) atoms. The van der Waals surface area contributed by atoms with Gasteiger partial charge in [-0.2, -0.15) is 0 Å². The highest BCUT2D eigenvalue weighted by atomic mass is 16.7. The van der Waals surface area contributed by atoms with Crippen molar-refractivity contribution in [2.24, 2.45) is 11.8 Å². The highest BCUT2D eigenvalue weighted by Gasteiger charge is 2.38. The molecule has 4 nitrogen and oxygen atoms in total. The van der Waals surface area contributed by atoms with Gasteiger partial charge in [-0.05, 0) is 46.5 Å². The minimum atomic E-state index is -0.508. The van der Waals surface area contributed by atoms with Gasteiger partial charge in [-0.25, -0.2) is 0 Å². The summed E-state index contributed by atoms with van der Waals surface area (Å²) in [4.78, 5) is 0. The Hall–Kier alpha value is -0.160. The second-order valence-electron chi connectivity index (χ2n) is 7.08. The monoisotopic (exact) mass is 274 g/mol. The Morgan fingerprint density at radius 1 is 1.32 bits per heavy atom. The molecule has 1 rings (SSSR count). The quantitative estimate of drug-likeness (QED) is 0.837. The lowest BCUT2D eigenvalue weighted by Gasteiger charge is -2.31. The maximum Gasteiger partial charge on any atom is 0.163 e. The van der Waals surface area contributed by atoms with Crippen molar-refractivity contribution in [1.82, 2.24) is 0 Å². The minimum Gasteiger partial charge on any atom is -0.390 e. The molecule has 4 heteroatoms. The van der Waals surface area contributed by atoms with Gasteiger partial charge in [0.15, 0.2) is 5.79 Å². The van der Waals surface area contributed by atoms with Crippen LogP contribution in [-0.4, -0.2) is 41.9 Å². The van der Waals surface area contributed by atoms with E-state index in [9.17, 15) is 5.11 Å². The number of aliphatic hydroxyl groups is 1. The van der Waals surface area contributed by atoms with Crippen LogP contribution in [0.4, 0.5) is 0 Å². The van der Waals surface area contributed by atoms with Crippen LogP contribution in [0.5, 0.6) is 0 Å². The Bertz CT molecular complexity index is 282. The molecule has 0 aliphatic carbocycles. The lowest BCUT2D eigenvalue weighted by molar-refractivity contribution is -0.149. The minimum absolute atomic E-state index is 0.0364. The van der Waals surface area contributed by atoms with Crippen LogP contribution in [0.25, 0.3) is 0 Å². The van der Waals surface area contributed by atoms with Gasteiger partial charge in [0.1, 0.15) is 0 Å². The molecule has 0 radical (unpaired) electrons. The molecule has 1 saturated heterocycles. The summed E-state index contributed by atoms with van der Waals surface area (Å²) in [5, 5.41) is 10.2. The maximum absolute atomic E-state index is 10.2. The highest BCUT2D eigenvalue weighted by Crippen LogP contribution is 2.31. The third-order valence-corrected chi connectivity index (χ3v) is 3.74. The van der Waals surface area contributed by atoms with Crippen LogP contribution in [0.3, 0.4) is 0 Å². The predicted octanol–water partition coefficient (Wildman–Crippen LogP) is 2.59. The van der Waals surface area contributed by atoms with E-state index in [4.69, 9.17) is 14.2 Å². The number of aliphatic hydroxyl groups excluding tert-OH is 1. The molecule has 1 aliphatic rings. The molecule has 4 atom stereocenters. The van der Waals surface area contributed by atoms with Crippen LogP contribution >= 0.6 is 0 Å². The number of rotatable bonds is 5. The zero-order valence-electron chi connectivity index (χ0n) is 13.4. The third kappa shape index (κ3) is 5.38. The van der Waals surface area contributed by atoms with Crippen molar-refractivity contribution in [3.8, 4) is 0 Å². The number of hydrogen-bond acceptors (Lipinski definition) is 4. The molecule has 1 heterocycles. The zero-order chi connectivity index (χ0) is 14.8. The van der Waals surface area contributed by atoms with E-state index in [1.807, 2.05) is 41.5 Å². The Morgan fingerprint density at radius 3 is 2.32 bits per heavy atom. The molecule has 1 aliphatic heterocycles. The molecular formula is C15H30O4. The standard InChI is InChI=1S/C15H30O4/c1-10(12(16)8-17-14(3,4)5)11(2)13-9-18-15(6,7)19-13/h10-13,16H,8-9H2,1-7H3/t10-,11-,12?,13?/m0/s1. The average molecular weight is 274 g/mol. The summed E-state index contributed by atoms with van der Waals surface area (Å²) in [6.45, 7) is 14.9. The van der Waals surface area contributed by atoms with Crippen molar-refractivity contribution in [2.75, 3.05) is 13.2 Å². The van der Waals surface area contributed by atoms with Crippen LogP contribution in [0.1, 0.15) is 48.5 Å². The summed E-state index contributed by atoms with van der Waals surface area (Å²) in [5.41, 5.74) is -0.223. The first-order valence-corrected chi connectivity index (χ1v) is 7.15. The van der Waals surface area contributed by atoms with E-state index in [2.05, 4.69) is 6.92 Å². The first-order chi connectivity index (χ1) is 8.52. The molecule has 0 spiro atoms. The van der Waals surface area contributed by atoms with E-state index < -0.39 is 11.9 Å². The maximum atomic E-state index is 10.2. The van der Waals surface area contributed by atoms with Gasteiger partial charge in [-0.3, -0.25) is 0 Å². The molecule has 0 aromatic carbocycles. The van der Waals surface area contributed by atoms with Crippen molar-refractivity contribution in [3.63, 3.8) is 0 Å². The van der Waals surface area contributed by atoms with E-state index in [1.165, 1.54) is 0 Å². The van der Waals surface area contributed by atoms with E-state index in [0.29, 0.717) is 13.2 Å². The second-order valence-corrected chi connectivity index (χ2v) is 7.08. The third-order valence-electron chi connectivity index (χ3n) is 3.74. The predicted molar refractivity (Wildman–Crippen MR) is 74.9 cm³/mol. The molecule has 0 saturated carbocycles. The Kier molecular flexibility index (Phi) is 5.41. The van der Waals surface area contributed by atoms with E-state index >= 15 is 0 Å². The van der Waals surface area contributed by atoms with Crippen molar-refractivity contribution < 1.29 is 19.3 Å². The van der Waals surface area contributed by atoms with Crippen molar-refractivity contribution in [2.45, 2.75) is 72.1 Å². The lowest BCUT2D eigenvalue weighted by Crippen LogP contribution is -2.37. The molecule has 0 amide bonds. The van der Waals surface area contributed by atoms with Gasteiger partial charge in [0.25, 0.3) is 0 Å². The summed E-state index contributed by atoms with van der Waals surface area (Å²) in [7, 11) is 0. The summed E-state index contributed by atoms with van der Waals surface area (Å²) < 4.78 is 17.1. The van der Waals surface area contributed by atoms with Crippen LogP contribution in [0, 0.1) is 11.8 Å². The fourth-order valence-corrected chi connectivity index (χ4v) is 2.15. The van der Waals surface area contributed by atoms with Gasteiger partial charge in [0.2, 0.25) is 0 Å². The van der Waals surface area contributed by atoms with Crippen LogP contribution in [-0.2, 0) is 14.2 Å². The molecule has 114 valence electrons. The fourth-order valence-electron chi connectivity index (χ4n) is 2.15. The summed E-state index contributed by atoms with van der Waals surface area (Å²) in [6.07, 6.45) is -0.448. The molecule has 0 aromatic rings. The van der Waals surface area contributed by atoms with Crippen molar-refractivity contribution in [1.29, 1.82) is 0 Å². The van der Waals surface area contributed by atoms with Crippen molar-refractivity contribution >= 4 is 0 Å². The molecule has 0 bridgehead atoms. The van der Waals surface area contributed by atoms with Gasteiger partial charge in [-0.1, -0.05) is 13.8 Å². The van der Waals surface area contributed by atoms with E-state index in [0.717, 1.165) is 0 Å². The fraction of sp³-hybridized carbons (Fsp3) is 1.00. The zero-order valence-corrected chi connectivity index (χ0v) is 13.4.